The Balaban J connectivity index is 0.00000280. The lowest BCUT2D eigenvalue weighted by Crippen LogP contribution is -2.36. The summed E-state index contributed by atoms with van der Waals surface area (Å²) in [5.74, 6) is 1.52. The van der Waals surface area contributed by atoms with Crippen molar-refractivity contribution in [1.82, 2.24) is 15.6 Å². The summed E-state index contributed by atoms with van der Waals surface area (Å²) in [5.41, 5.74) is 2.04. The minimum Gasteiger partial charge on any atom is -0.357 e. The average Bonchev–Trinajstić information content (AvgIpc) is 2.98. The number of nitrogens with one attached hydrogen (secondary N) is 2. The summed E-state index contributed by atoms with van der Waals surface area (Å²) in [6.07, 6.45) is 6.97. The highest BCUT2D eigenvalue weighted by atomic mass is 127. The molecule has 0 aliphatic carbocycles. The molecule has 1 aliphatic rings. The number of pyridine rings is 1. The monoisotopic (exact) mass is 497 g/mol. The van der Waals surface area contributed by atoms with Gasteiger partial charge < -0.3 is 15.5 Å². The van der Waals surface area contributed by atoms with Crippen LogP contribution in [0.15, 0.2) is 47.6 Å². The van der Waals surface area contributed by atoms with Gasteiger partial charge in [-0.05, 0) is 48.2 Å². The molecular formula is C21H29FIN5. The molecule has 0 saturated carbocycles. The Morgan fingerprint density at radius 3 is 2.36 bits per heavy atom. The predicted molar refractivity (Wildman–Crippen MR) is 124 cm³/mol. The number of hydrogen-bond donors (Lipinski definition) is 2. The smallest absolute Gasteiger partial charge is 0.191 e. The lowest BCUT2D eigenvalue weighted by atomic mass is 10.2. The van der Waals surface area contributed by atoms with E-state index in [-0.39, 0.29) is 29.8 Å². The fourth-order valence-electron chi connectivity index (χ4n) is 3.28. The zero-order chi connectivity index (χ0) is 18.9. The molecule has 0 unspecified atom stereocenters. The fourth-order valence-corrected chi connectivity index (χ4v) is 3.28. The van der Waals surface area contributed by atoms with E-state index >= 15 is 0 Å². The molecule has 2 N–H and O–H groups in total. The minimum absolute atomic E-state index is 0. The first-order valence-corrected chi connectivity index (χ1v) is 9.63. The highest BCUT2D eigenvalue weighted by molar-refractivity contribution is 14.0. The van der Waals surface area contributed by atoms with Gasteiger partial charge in [0.25, 0.3) is 0 Å². The molecule has 1 saturated heterocycles. The van der Waals surface area contributed by atoms with Gasteiger partial charge in [0, 0.05) is 39.4 Å². The molecule has 1 fully saturated rings. The molecule has 2 heterocycles. The topological polar surface area (TPSA) is 52.6 Å². The maximum atomic E-state index is 13.3. The Bertz CT molecular complexity index is 760. The van der Waals surface area contributed by atoms with Crippen LogP contribution in [0.5, 0.6) is 0 Å². The third-order valence-corrected chi connectivity index (χ3v) is 4.77. The second-order valence-corrected chi connectivity index (χ2v) is 6.83. The van der Waals surface area contributed by atoms with Gasteiger partial charge in [-0.25, -0.2) is 9.37 Å². The van der Waals surface area contributed by atoms with Crippen molar-refractivity contribution in [2.24, 2.45) is 4.99 Å². The normalized spacial score (nSPS) is 14.8. The molecule has 1 aliphatic heterocycles. The van der Waals surface area contributed by atoms with Crippen molar-refractivity contribution in [1.29, 1.82) is 0 Å². The summed E-state index contributed by atoms with van der Waals surface area (Å²) in [4.78, 5) is 11.2. The molecule has 152 valence electrons. The van der Waals surface area contributed by atoms with Gasteiger partial charge in [-0.3, -0.25) is 4.99 Å². The van der Waals surface area contributed by atoms with E-state index in [0.29, 0.717) is 19.0 Å². The van der Waals surface area contributed by atoms with Crippen molar-refractivity contribution >= 4 is 35.8 Å². The van der Waals surface area contributed by atoms with Gasteiger partial charge in [0.2, 0.25) is 0 Å². The molecule has 7 heteroatoms. The van der Waals surface area contributed by atoms with Crippen LogP contribution < -0.4 is 15.5 Å². The molecule has 0 atom stereocenters. The van der Waals surface area contributed by atoms with Crippen molar-refractivity contribution in [2.75, 3.05) is 25.0 Å². The van der Waals surface area contributed by atoms with Gasteiger partial charge in [-0.1, -0.05) is 25.0 Å². The van der Waals surface area contributed by atoms with Crippen molar-refractivity contribution in [2.45, 2.75) is 38.8 Å². The number of aliphatic imine (C=N–C) groups is 1. The van der Waals surface area contributed by atoms with Gasteiger partial charge in [-0.15, -0.1) is 24.0 Å². The molecule has 1 aromatic heterocycles. The standard InChI is InChI=1S/C21H28FN5.HI/c1-23-21(25-15-17-7-6-8-19(22)13-17)26-16-18-9-10-24-20(14-18)27-11-4-2-3-5-12-27;/h6-10,13-14H,2-5,11-12,15-16H2,1H3,(H2,23,25,26);1H. The lowest BCUT2D eigenvalue weighted by Gasteiger charge is -2.22. The number of hydrogen-bond acceptors (Lipinski definition) is 3. The Hall–Kier alpha value is -1.90. The Morgan fingerprint density at radius 1 is 1.04 bits per heavy atom. The zero-order valence-electron chi connectivity index (χ0n) is 16.3. The molecule has 5 nitrogen and oxygen atoms in total. The molecule has 28 heavy (non-hydrogen) atoms. The largest absolute Gasteiger partial charge is 0.357 e. The summed E-state index contributed by atoms with van der Waals surface area (Å²) in [6.45, 7) is 3.35. The number of guanidine groups is 1. The Morgan fingerprint density at radius 2 is 1.71 bits per heavy atom. The van der Waals surface area contributed by atoms with E-state index in [9.17, 15) is 4.39 Å². The summed E-state index contributed by atoms with van der Waals surface area (Å²) >= 11 is 0. The first kappa shape index (κ1) is 22.4. The maximum Gasteiger partial charge on any atom is 0.191 e. The maximum absolute atomic E-state index is 13.3. The fraction of sp³-hybridized carbons (Fsp3) is 0.429. The van der Waals surface area contributed by atoms with E-state index in [4.69, 9.17) is 0 Å². The number of benzene rings is 1. The molecule has 0 amide bonds. The van der Waals surface area contributed by atoms with E-state index in [1.807, 2.05) is 18.3 Å². The molecule has 1 aromatic carbocycles. The Kier molecular flexibility index (Phi) is 9.46. The number of rotatable bonds is 5. The predicted octanol–water partition coefficient (Wildman–Crippen LogP) is 4.08. The van der Waals surface area contributed by atoms with Crippen LogP contribution in [-0.4, -0.2) is 31.1 Å². The van der Waals surface area contributed by atoms with Crippen LogP contribution in [0.25, 0.3) is 0 Å². The van der Waals surface area contributed by atoms with Crippen molar-refractivity contribution < 1.29 is 4.39 Å². The first-order valence-electron chi connectivity index (χ1n) is 9.63. The van der Waals surface area contributed by atoms with E-state index in [2.05, 4.69) is 31.6 Å². The average molecular weight is 497 g/mol. The third kappa shape index (κ3) is 6.92. The van der Waals surface area contributed by atoms with Gasteiger partial charge >= 0.3 is 0 Å². The first-order chi connectivity index (χ1) is 13.2. The summed E-state index contributed by atoms with van der Waals surface area (Å²) in [6, 6.07) is 10.7. The third-order valence-electron chi connectivity index (χ3n) is 4.77. The number of nitrogens with zero attached hydrogens (tertiary/aromatic N) is 3. The lowest BCUT2D eigenvalue weighted by molar-refractivity contribution is 0.624. The molecular weight excluding hydrogens is 468 g/mol. The van der Waals surface area contributed by atoms with Crippen LogP contribution in [0.4, 0.5) is 10.2 Å². The van der Waals surface area contributed by atoms with Crippen LogP contribution in [0, 0.1) is 5.82 Å². The molecule has 0 radical (unpaired) electrons. The molecule has 0 bridgehead atoms. The van der Waals surface area contributed by atoms with E-state index in [1.54, 1.807) is 13.1 Å². The Labute approximate surface area is 183 Å². The summed E-state index contributed by atoms with van der Waals surface area (Å²) in [7, 11) is 1.73. The molecule has 0 spiro atoms. The SMILES string of the molecule is CN=C(NCc1cccc(F)c1)NCc1ccnc(N2CCCCCC2)c1.I. The second-order valence-electron chi connectivity index (χ2n) is 6.83. The van der Waals surface area contributed by atoms with Gasteiger partial charge in [-0.2, -0.15) is 0 Å². The highest BCUT2D eigenvalue weighted by Crippen LogP contribution is 2.18. The number of anilines is 1. The summed E-state index contributed by atoms with van der Waals surface area (Å²) < 4.78 is 13.3. The number of halogens is 2. The van der Waals surface area contributed by atoms with Gasteiger partial charge in [0.1, 0.15) is 11.6 Å². The zero-order valence-corrected chi connectivity index (χ0v) is 18.7. The molecule has 2 aromatic rings. The summed E-state index contributed by atoms with van der Waals surface area (Å²) in [5, 5.41) is 6.53. The van der Waals surface area contributed by atoms with Crippen LogP contribution in [0.3, 0.4) is 0 Å². The quantitative estimate of drug-likeness (QED) is 0.372. The van der Waals surface area contributed by atoms with Crippen molar-refractivity contribution in [3.05, 3.63) is 59.5 Å². The molecule has 3 rings (SSSR count). The highest BCUT2D eigenvalue weighted by Gasteiger charge is 2.11. The van der Waals surface area contributed by atoms with Crippen LogP contribution in [-0.2, 0) is 13.1 Å². The van der Waals surface area contributed by atoms with Crippen LogP contribution >= 0.6 is 24.0 Å². The van der Waals surface area contributed by atoms with Gasteiger partial charge in [0.05, 0.1) is 0 Å². The van der Waals surface area contributed by atoms with Gasteiger partial charge in [0.15, 0.2) is 5.96 Å². The van der Waals surface area contributed by atoms with E-state index in [0.717, 1.165) is 30.0 Å². The number of aromatic nitrogens is 1. The minimum atomic E-state index is -0.227. The van der Waals surface area contributed by atoms with Crippen molar-refractivity contribution in [3.8, 4) is 0 Å². The van der Waals surface area contributed by atoms with E-state index in [1.165, 1.54) is 37.8 Å². The second kappa shape index (κ2) is 11.8. The van der Waals surface area contributed by atoms with Crippen LogP contribution in [0.2, 0.25) is 0 Å². The van der Waals surface area contributed by atoms with E-state index < -0.39 is 0 Å². The van der Waals surface area contributed by atoms with Crippen LogP contribution in [0.1, 0.15) is 36.8 Å². The van der Waals surface area contributed by atoms with Crippen molar-refractivity contribution in [3.63, 3.8) is 0 Å².